The van der Waals surface area contributed by atoms with Crippen LogP contribution in [0, 0.1) is 5.41 Å². The molecule has 2 atom stereocenters. The highest BCUT2D eigenvalue weighted by Gasteiger charge is 2.45. The highest BCUT2D eigenvalue weighted by molar-refractivity contribution is 7.47. The maximum atomic E-state index is 11.6. The van der Waals surface area contributed by atoms with Gasteiger partial charge in [-0.25, -0.2) is 4.57 Å². The van der Waals surface area contributed by atoms with E-state index in [4.69, 9.17) is 32.2 Å². The van der Waals surface area contributed by atoms with Gasteiger partial charge in [0, 0.05) is 21.0 Å². The fourth-order valence-corrected chi connectivity index (χ4v) is 3.64. The first-order valence-corrected chi connectivity index (χ1v) is 7.58. The van der Waals surface area contributed by atoms with Crippen LogP contribution in [0.15, 0.2) is 18.2 Å². The van der Waals surface area contributed by atoms with Gasteiger partial charge in [-0.3, -0.25) is 9.05 Å². The summed E-state index contributed by atoms with van der Waals surface area (Å²) in [6.07, 6.45) is -0.691. The maximum Gasteiger partial charge on any atom is 0.472 e. The summed E-state index contributed by atoms with van der Waals surface area (Å²) in [6.45, 7) is 3.81. The first kappa shape index (κ1) is 14.3. The second-order valence-corrected chi connectivity index (χ2v) is 7.07. The maximum absolute atomic E-state index is 11.6. The second-order valence-electron chi connectivity index (χ2n) is 4.85. The minimum absolute atomic E-state index is 0.0903. The topological polar surface area (TPSA) is 55.8 Å². The van der Waals surface area contributed by atoms with Crippen molar-refractivity contribution in [1.29, 1.82) is 0 Å². The zero-order chi connectivity index (χ0) is 13.6. The first-order chi connectivity index (χ1) is 8.23. The van der Waals surface area contributed by atoms with Crippen LogP contribution in [0.25, 0.3) is 0 Å². The summed E-state index contributed by atoms with van der Waals surface area (Å²) in [4.78, 5) is 9.45. The van der Waals surface area contributed by atoms with Crippen molar-refractivity contribution in [3.05, 3.63) is 33.8 Å². The number of halogens is 2. The molecule has 100 valence electrons. The highest BCUT2D eigenvalue weighted by atomic mass is 35.5. The molecule has 1 unspecified atom stereocenters. The Hall–Kier alpha value is -0.0900. The van der Waals surface area contributed by atoms with E-state index < -0.39 is 19.3 Å². The average Bonchev–Trinajstić information content (AvgIpc) is 2.23. The minimum atomic E-state index is -4.05. The molecule has 0 aromatic heterocycles. The normalized spacial score (nSPS) is 31.3. The van der Waals surface area contributed by atoms with Gasteiger partial charge in [-0.05, 0) is 12.1 Å². The average molecular weight is 311 g/mol. The molecular weight excluding hydrogens is 298 g/mol. The molecule has 7 heteroatoms. The number of phosphoric acid groups is 1. The van der Waals surface area contributed by atoms with E-state index in [-0.39, 0.29) is 6.61 Å². The summed E-state index contributed by atoms with van der Waals surface area (Å²) < 4.78 is 21.5. The van der Waals surface area contributed by atoms with E-state index in [1.54, 1.807) is 18.2 Å². The molecule has 1 aliphatic heterocycles. The van der Waals surface area contributed by atoms with E-state index in [2.05, 4.69) is 0 Å². The molecular formula is C11H13Cl2O4P. The summed E-state index contributed by atoms with van der Waals surface area (Å²) in [7, 11) is -4.05. The molecule has 0 spiro atoms. The predicted molar refractivity (Wildman–Crippen MR) is 69.8 cm³/mol. The third-order valence-electron chi connectivity index (χ3n) is 2.81. The van der Waals surface area contributed by atoms with Crippen molar-refractivity contribution >= 4 is 31.0 Å². The third kappa shape index (κ3) is 2.74. The summed E-state index contributed by atoms with van der Waals surface area (Å²) >= 11 is 12.2. The number of benzene rings is 1. The largest absolute Gasteiger partial charge is 0.472 e. The van der Waals surface area contributed by atoms with E-state index >= 15 is 0 Å². The van der Waals surface area contributed by atoms with E-state index in [1.807, 2.05) is 13.8 Å². The van der Waals surface area contributed by atoms with Crippen LogP contribution >= 0.6 is 31.0 Å². The smallest absolute Gasteiger partial charge is 0.302 e. The van der Waals surface area contributed by atoms with E-state index in [1.165, 1.54) is 0 Å². The number of hydrogen-bond acceptors (Lipinski definition) is 3. The van der Waals surface area contributed by atoms with E-state index in [0.717, 1.165) is 0 Å². The molecule has 1 N–H and O–H groups in total. The first-order valence-electron chi connectivity index (χ1n) is 5.32. The SMILES string of the molecule is CC1(C)COP(=O)(O)O[C@@H]1c1c(Cl)cccc1Cl. The van der Waals surface area contributed by atoms with Gasteiger partial charge in [-0.2, -0.15) is 0 Å². The number of phosphoric ester groups is 1. The molecule has 1 fully saturated rings. The van der Waals surface area contributed by atoms with Gasteiger partial charge in [-0.1, -0.05) is 43.1 Å². The molecule has 0 amide bonds. The van der Waals surface area contributed by atoms with Crippen LogP contribution in [0.2, 0.25) is 10.0 Å². The Kier molecular flexibility index (Phi) is 3.81. The Balaban J connectivity index is 2.49. The van der Waals surface area contributed by atoms with Crippen LogP contribution in [0.4, 0.5) is 0 Å². The minimum Gasteiger partial charge on any atom is -0.302 e. The van der Waals surface area contributed by atoms with Gasteiger partial charge < -0.3 is 4.89 Å². The molecule has 2 rings (SSSR count). The molecule has 1 heterocycles. The fourth-order valence-electron chi connectivity index (χ4n) is 1.83. The molecule has 18 heavy (non-hydrogen) atoms. The van der Waals surface area contributed by atoms with Crippen molar-refractivity contribution < 1.29 is 18.5 Å². The van der Waals surface area contributed by atoms with Crippen LogP contribution < -0.4 is 0 Å². The van der Waals surface area contributed by atoms with Crippen molar-refractivity contribution in [2.45, 2.75) is 20.0 Å². The highest BCUT2D eigenvalue weighted by Crippen LogP contribution is 2.59. The molecule has 0 radical (unpaired) electrons. The van der Waals surface area contributed by atoms with Gasteiger partial charge >= 0.3 is 7.82 Å². The third-order valence-corrected chi connectivity index (χ3v) is 4.40. The lowest BCUT2D eigenvalue weighted by Crippen LogP contribution is -2.33. The molecule has 0 aliphatic carbocycles. The van der Waals surface area contributed by atoms with Gasteiger partial charge in [0.25, 0.3) is 0 Å². The lowest BCUT2D eigenvalue weighted by atomic mass is 9.83. The monoisotopic (exact) mass is 310 g/mol. The Morgan fingerprint density at radius 3 is 2.50 bits per heavy atom. The van der Waals surface area contributed by atoms with Gasteiger partial charge in [0.15, 0.2) is 0 Å². The van der Waals surface area contributed by atoms with Crippen molar-refractivity contribution in [3.8, 4) is 0 Å². The summed E-state index contributed by atoms with van der Waals surface area (Å²) in [5, 5.41) is 0.810. The second kappa shape index (κ2) is 4.78. The molecule has 1 aliphatic rings. The van der Waals surface area contributed by atoms with E-state index in [9.17, 15) is 9.46 Å². The predicted octanol–water partition coefficient (Wildman–Crippen LogP) is 4.21. The lowest BCUT2D eigenvalue weighted by molar-refractivity contribution is -0.0471. The van der Waals surface area contributed by atoms with Crippen molar-refractivity contribution in [2.75, 3.05) is 6.61 Å². The van der Waals surface area contributed by atoms with Crippen LogP contribution in [0.5, 0.6) is 0 Å². The summed E-state index contributed by atoms with van der Waals surface area (Å²) in [5.74, 6) is 0. The zero-order valence-corrected chi connectivity index (χ0v) is 12.3. The van der Waals surface area contributed by atoms with Crippen LogP contribution in [-0.2, 0) is 13.6 Å². The van der Waals surface area contributed by atoms with Crippen molar-refractivity contribution in [3.63, 3.8) is 0 Å². The van der Waals surface area contributed by atoms with Crippen molar-refractivity contribution in [2.24, 2.45) is 5.41 Å². The Morgan fingerprint density at radius 2 is 1.94 bits per heavy atom. The Labute approximate surface area is 115 Å². The Bertz CT molecular complexity index is 498. The van der Waals surface area contributed by atoms with E-state index in [0.29, 0.717) is 15.6 Å². The molecule has 4 nitrogen and oxygen atoms in total. The molecule has 1 aromatic carbocycles. The van der Waals surface area contributed by atoms with Crippen LogP contribution in [0.1, 0.15) is 25.5 Å². The zero-order valence-electron chi connectivity index (χ0n) is 9.89. The van der Waals surface area contributed by atoms with Crippen LogP contribution in [-0.4, -0.2) is 11.5 Å². The van der Waals surface area contributed by atoms with Gasteiger partial charge in [0.1, 0.15) is 6.10 Å². The van der Waals surface area contributed by atoms with Crippen LogP contribution in [0.3, 0.4) is 0 Å². The number of rotatable bonds is 1. The molecule has 1 saturated heterocycles. The van der Waals surface area contributed by atoms with Gasteiger partial charge in [0.2, 0.25) is 0 Å². The fraction of sp³-hybridized carbons (Fsp3) is 0.455. The molecule has 1 aromatic rings. The molecule has 0 bridgehead atoms. The standard InChI is InChI=1S/C11H13Cl2O4P/c1-11(2)6-16-18(14,15)17-10(11)9-7(12)4-3-5-8(9)13/h3-5,10H,6H2,1-2H3,(H,14,15)/t10-/m1/s1. The quantitative estimate of drug-likeness (QED) is 0.789. The Morgan fingerprint density at radius 1 is 1.39 bits per heavy atom. The van der Waals surface area contributed by atoms with Gasteiger partial charge in [-0.15, -0.1) is 0 Å². The van der Waals surface area contributed by atoms with Crippen molar-refractivity contribution in [1.82, 2.24) is 0 Å². The molecule has 0 saturated carbocycles. The summed E-state index contributed by atoms with van der Waals surface area (Å²) in [5.41, 5.74) is 0.00839. The lowest BCUT2D eigenvalue weighted by Gasteiger charge is -2.40. The van der Waals surface area contributed by atoms with Gasteiger partial charge in [0.05, 0.1) is 6.61 Å². The number of hydrogen-bond donors (Lipinski definition) is 1. The summed E-state index contributed by atoms with van der Waals surface area (Å²) in [6, 6.07) is 5.04.